The van der Waals surface area contributed by atoms with Crippen molar-refractivity contribution >= 4 is 17.6 Å². The first-order chi connectivity index (χ1) is 10.0. The zero-order valence-corrected chi connectivity index (χ0v) is 13.0. The van der Waals surface area contributed by atoms with Crippen LogP contribution >= 0.6 is 11.6 Å². The molecule has 0 saturated heterocycles. The van der Waals surface area contributed by atoms with E-state index < -0.39 is 0 Å². The fraction of sp³-hybridized carbons (Fsp3) is 0.250. The third-order valence-electron chi connectivity index (χ3n) is 2.96. The summed E-state index contributed by atoms with van der Waals surface area (Å²) in [6.07, 6.45) is 0. The zero-order valence-electron chi connectivity index (χ0n) is 12.3. The lowest BCUT2D eigenvalue weighted by atomic mass is 10.0. The fourth-order valence-electron chi connectivity index (χ4n) is 2.14. The first kappa shape index (κ1) is 15.5. The topological polar surface area (TPSA) is 42.4 Å². The second-order valence-electron chi connectivity index (χ2n) is 4.96. The van der Waals surface area contributed by atoms with Crippen LogP contribution in [0.25, 0.3) is 11.3 Å². The molecular weight excluding hydrogens is 288 g/mol. The average molecular weight is 305 g/mol. The number of carbonyl (C=O) groups excluding carboxylic acids is 1. The molecule has 2 aromatic rings. The van der Waals surface area contributed by atoms with Crippen LogP contribution in [0.15, 0.2) is 36.4 Å². The number of methoxy groups -OCH3 is 1. The molecule has 0 atom stereocenters. The van der Waals surface area contributed by atoms with Gasteiger partial charge in [0.15, 0.2) is 0 Å². The minimum absolute atomic E-state index is 0.387. The number of esters is 1. The van der Waals surface area contributed by atoms with Crippen molar-refractivity contribution in [1.82, 2.24) is 9.88 Å². The van der Waals surface area contributed by atoms with Crippen LogP contribution in [-0.2, 0) is 11.3 Å². The van der Waals surface area contributed by atoms with Crippen LogP contribution in [0.3, 0.4) is 0 Å². The van der Waals surface area contributed by atoms with Crippen LogP contribution in [0.5, 0.6) is 0 Å². The average Bonchev–Trinajstić information content (AvgIpc) is 2.45. The van der Waals surface area contributed by atoms with E-state index in [1.807, 2.05) is 43.3 Å². The van der Waals surface area contributed by atoms with E-state index in [0.717, 1.165) is 12.1 Å². The highest BCUT2D eigenvalue weighted by atomic mass is 35.5. The predicted molar refractivity (Wildman–Crippen MR) is 83.4 cm³/mol. The molecule has 4 nitrogen and oxygen atoms in total. The van der Waals surface area contributed by atoms with E-state index in [1.165, 1.54) is 7.11 Å². The Labute approximate surface area is 129 Å². The molecule has 0 aliphatic heterocycles. The van der Waals surface area contributed by atoms with Gasteiger partial charge < -0.3 is 9.64 Å². The number of ether oxygens (including phenoxy) is 1. The van der Waals surface area contributed by atoms with Gasteiger partial charge in [0.1, 0.15) is 5.15 Å². The van der Waals surface area contributed by atoms with Crippen LogP contribution in [0.2, 0.25) is 5.15 Å². The van der Waals surface area contributed by atoms with E-state index in [2.05, 4.69) is 4.98 Å². The number of aromatic nitrogens is 1. The van der Waals surface area contributed by atoms with Crippen molar-refractivity contribution < 1.29 is 9.53 Å². The van der Waals surface area contributed by atoms with Gasteiger partial charge in [0.25, 0.3) is 0 Å². The summed E-state index contributed by atoms with van der Waals surface area (Å²) in [4.78, 5) is 18.2. The Morgan fingerprint density at radius 2 is 2.00 bits per heavy atom. The molecule has 110 valence electrons. The Bertz CT molecular complexity index is 656. The van der Waals surface area contributed by atoms with Crippen molar-refractivity contribution in [2.24, 2.45) is 0 Å². The molecule has 5 heteroatoms. The monoisotopic (exact) mass is 304 g/mol. The maximum atomic E-state index is 11.9. The summed E-state index contributed by atoms with van der Waals surface area (Å²) in [5, 5.41) is 0.406. The summed E-state index contributed by atoms with van der Waals surface area (Å²) < 4.78 is 4.82. The number of nitrogens with zero attached hydrogens (tertiary/aromatic N) is 2. The number of rotatable bonds is 4. The van der Waals surface area contributed by atoms with E-state index in [4.69, 9.17) is 16.3 Å². The van der Waals surface area contributed by atoms with E-state index in [0.29, 0.717) is 22.0 Å². The second-order valence-corrected chi connectivity index (χ2v) is 5.35. The van der Waals surface area contributed by atoms with Crippen LogP contribution in [0.1, 0.15) is 15.9 Å². The molecule has 0 unspecified atom stereocenters. The van der Waals surface area contributed by atoms with Gasteiger partial charge in [-0.15, -0.1) is 0 Å². The summed E-state index contributed by atoms with van der Waals surface area (Å²) in [5.74, 6) is -0.387. The molecule has 1 heterocycles. The third-order valence-corrected chi connectivity index (χ3v) is 3.15. The molecule has 1 aromatic carbocycles. The number of hydrogen-bond acceptors (Lipinski definition) is 4. The molecule has 0 N–H and O–H groups in total. The number of pyridine rings is 1. The Balaban J connectivity index is 2.51. The molecule has 2 rings (SSSR count). The number of hydrogen-bond donors (Lipinski definition) is 0. The maximum Gasteiger partial charge on any atom is 0.338 e. The lowest BCUT2D eigenvalue weighted by molar-refractivity contribution is 0.0601. The second kappa shape index (κ2) is 6.70. The minimum Gasteiger partial charge on any atom is -0.465 e. The molecule has 0 aliphatic carbocycles. The Kier molecular flexibility index (Phi) is 4.94. The van der Waals surface area contributed by atoms with Crippen molar-refractivity contribution in [3.8, 4) is 11.3 Å². The van der Waals surface area contributed by atoms with E-state index >= 15 is 0 Å². The Morgan fingerprint density at radius 3 is 2.67 bits per heavy atom. The highest BCUT2D eigenvalue weighted by molar-refractivity contribution is 6.29. The summed E-state index contributed by atoms with van der Waals surface area (Å²) in [6.45, 7) is 0.746. The smallest absolute Gasteiger partial charge is 0.338 e. The van der Waals surface area contributed by atoms with Gasteiger partial charge in [0.05, 0.1) is 18.4 Å². The first-order valence-electron chi connectivity index (χ1n) is 6.50. The van der Waals surface area contributed by atoms with Gasteiger partial charge in [-0.3, -0.25) is 0 Å². The molecule has 0 amide bonds. The molecule has 0 saturated carbocycles. The van der Waals surface area contributed by atoms with E-state index in [1.54, 1.807) is 12.1 Å². The SMILES string of the molecule is COC(=O)c1ccccc1-c1cc(CN(C)C)cc(Cl)n1. The zero-order chi connectivity index (χ0) is 15.4. The number of carbonyl (C=O) groups is 1. The molecule has 0 bridgehead atoms. The first-order valence-corrected chi connectivity index (χ1v) is 6.88. The number of halogens is 1. The van der Waals surface area contributed by atoms with Crippen LogP contribution in [-0.4, -0.2) is 37.1 Å². The summed E-state index contributed by atoms with van der Waals surface area (Å²) in [5.41, 5.74) is 2.90. The summed E-state index contributed by atoms with van der Waals surface area (Å²) in [6, 6.07) is 11.0. The van der Waals surface area contributed by atoms with Crippen molar-refractivity contribution in [2.45, 2.75) is 6.54 Å². The van der Waals surface area contributed by atoms with Crippen LogP contribution in [0, 0.1) is 0 Å². The standard InChI is InChI=1S/C16H17ClN2O2/c1-19(2)10-11-8-14(18-15(17)9-11)12-6-4-5-7-13(12)16(20)21-3/h4-9H,10H2,1-3H3. The Morgan fingerprint density at radius 1 is 1.29 bits per heavy atom. The summed E-state index contributed by atoms with van der Waals surface area (Å²) >= 11 is 6.10. The molecular formula is C16H17ClN2O2. The number of benzene rings is 1. The lowest BCUT2D eigenvalue weighted by Crippen LogP contribution is -2.11. The lowest BCUT2D eigenvalue weighted by Gasteiger charge is -2.12. The normalized spacial score (nSPS) is 10.7. The maximum absolute atomic E-state index is 11.9. The highest BCUT2D eigenvalue weighted by Gasteiger charge is 2.14. The van der Waals surface area contributed by atoms with Crippen molar-refractivity contribution in [3.05, 3.63) is 52.7 Å². The van der Waals surface area contributed by atoms with Gasteiger partial charge in [0.2, 0.25) is 0 Å². The molecule has 21 heavy (non-hydrogen) atoms. The van der Waals surface area contributed by atoms with E-state index in [9.17, 15) is 4.79 Å². The van der Waals surface area contributed by atoms with Gasteiger partial charge in [-0.25, -0.2) is 9.78 Å². The third kappa shape index (κ3) is 3.80. The van der Waals surface area contributed by atoms with Crippen LogP contribution in [0.4, 0.5) is 0 Å². The molecule has 1 aromatic heterocycles. The van der Waals surface area contributed by atoms with Gasteiger partial charge in [-0.2, -0.15) is 0 Å². The predicted octanol–water partition coefficient (Wildman–Crippen LogP) is 3.25. The van der Waals surface area contributed by atoms with Crippen molar-refractivity contribution in [2.75, 3.05) is 21.2 Å². The van der Waals surface area contributed by atoms with Gasteiger partial charge in [-0.1, -0.05) is 29.8 Å². The fourth-order valence-corrected chi connectivity index (χ4v) is 2.37. The molecule has 0 spiro atoms. The molecule has 0 fully saturated rings. The van der Waals surface area contributed by atoms with Crippen molar-refractivity contribution in [3.63, 3.8) is 0 Å². The quantitative estimate of drug-likeness (QED) is 0.642. The van der Waals surface area contributed by atoms with E-state index in [-0.39, 0.29) is 5.97 Å². The Hall–Kier alpha value is -1.91. The molecule has 0 aliphatic rings. The minimum atomic E-state index is -0.387. The van der Waals surface area contributed by atoms with Gasteiger partial charge >= 0.3 is 5.97 Å². The largest absolute Gasteiger partial charge is 0.465 e. The highest BCUT2D eigenvalue weighted by Crippen LogP contribution is 2.25. The molecule has 0 radical (unpaired) electrons. The van der Waals surface area contributed by atoms with Crippen molar-refractivity contribution in [1.29, 1.82) is 0 Å². The summed E-state index contributed by atoms with van der Waals surface area (Å²) in [7, 11) is 5.33. The van der Waals surface area contributed by atoms with Gasteiger partial charge in [0, 0.05) is 12.1 Å². The van der Waals surface area contributed by atoms with Crippen LogP contribution < -0.4 is 0 Å². The van der Waals surface area contributed by atoms with Gasteiger partial charge in [-0.05, 0) is 37.9 Å².